The van der Waals surface area contributed by atoms with Gasteiger partial charge in [-0.15, -0.1) is 0 Å². The van der Waals surface area contributed by atoms with E-state index >= 15 is 0 Å². The van der Waals surface area contributed by atoms with Crippen LogP contribution < -0.4 is 5.73 Å². The predicted octanol–water partition coefficient (Wildman–Crippen LogP) is 0.120. The Balaban J connectivity index is 2.43. The van der Waals surface area contributed by atoms with Gasteiger partial charge in [0, 0.05) is 20.2 Å². The Hall–Kier alpha value is -0.990. The van der Waals surface area contributed by atoms with Crippen LogP contribution in [0.25, 0.3) is 0 Å². The van der Waals surface area contributed by atoms with Gasteiger partial charge in [0.2, 0.25) is 5.91 Å². The lowest BCUT2D eigenvalue weighted by molar-refractivity contribution is -0.137. The van der Waals surface area contributed by atoms with E-state index in [4.69, 9.17) is 20.4 Å². The van der Waals surface area contributed by atoms with E-state index in [0.717, 1.165) is 0 Å². The largest absolute Gasteiger partial charge is 0.409 e. The number of thioether (sulfide) groups is 1. The number of piperidine rings is 1. The quantitative estimate of drug-likeness (QED) is 0.228. The fraction of sp³-hybridized carbons (Fsp3) is 0.833. The number of carbonyl (C=O) groups is 1. The Kier molecular flexibility index (Phi) is 7.11. The van der Waals surface area contributed by atoms with Crippen molar-refractivity contribution in [2.24, 2.45) is 10.9 Å². The first-order valence-corrected chi connectivity index (χ1v) is 7.69. The van der Waals surface area contributed by atoms with Crippen molar-refractivity contribution in [1.82, 2.24) is 4.90 Å². The van der Waals surface area contributed by atoms with Crippen molar-refractivity contribution in [2.45, 2.75) is 17.6 Å². The zero-order valence-electron chi connectivity index (χ0n) is 12.0. The van der Waals surface area contributed by atoms with Gasteiger partial charge in [-0.25, -0.2) is 0 Å². The Morgan fingerprint density at radius 2 is 2.10 bits per heavy atom. The number of methoxy groups -OCH3 is 1. The molecule has 0 spiro atoms. The van der Waals surface area contributed by atoms with Gasteiger partial charge in [-0.3, -0.25) is 4.79 Å². The van der Waals surface area contributed by atoms with Crippen LogP contribution in [0.2, 0.25) is 0 Å². The SMILES string of the molecule is COCCOCC(=O)N1CCC(SC)(C(N)=NO)CC1. The summed E-state index contributed by atoms with van der Waals surface area (Å²) in [6.45, 7) is 2.13. The number of nitrogens with zero attached hydrogens (tertiary/aromatic N) is 2. The molecular formula is C12H23N3O4S. The molecular weight excluding hydrogens is 282 g/mol. The van der Waals surface area contributed by atoms with Gasteiger partial charge in [-0.1, -0.05) is 5.16 Å². The zero-order chi connectivity index (χ0) is 15.0. The van der Waals surface area contributed by atoms with Gasteiger partial charge in [0.1, 0.15) is 6.61 Å². The zero-order valence-corrected chi connectivity index (χ0v) is 12.8. The van der Waals surface area contributed by atoms with Crippen LogP contribution in [-0.4, -0.2) is 72.9 Å². The number of nitrogens with two attached hydrogens (primary N) is 1. The first-order valence-electron chi connectivity index (χ1n) is 6.47. The maximum absolute atomic E-state index is 11.9. The molecule has 20 heavy (non-hydrogen) atoms. The van der Waals surface area contributed by atoms with E-state index in [-0.39, 0.29) is 23.1 Å². The molecule has 3 N–H and O–H groups in total. The topological polar surface area (TPSA) is 97.4 Å². The van der Waals surface area contributed by atoms with E-state index in [1.807, 2.05) is 6.26 Å². The van der Waals surface area contributed by atoms with Crippen LogP contribution in [0, 0.1) is 0 Å². The van der Waals surface area contributed by atoms with Crippen molar-refractivity contribution >= 4 is 23.5 Å². The lowest BCUT2D eigenvalue weighted by Crippen LogP contribution is -2.52. The molecule has 0 radical (unpaired) electrons. The summed E-state index contributed by atoms with van der Waals surface area (Å²) in [5.41, 5.74) is 5.77. The van der Waals surface area contributed by atoms with Crippen LogP contribution in [-0.2, 0) is 14.3 Å². The molecule has 116 valence electrons. The summed E-state index contributed by atoms with van der Waals surface area (Å²) in [6, 6.07) is 0. The van der Waals surface area contributed by atoms with Crippen molar-refractivity contribution in [2.75, 3.05) is 46.3 Å². The van der Waals surface area contributed by atoms with Crippen molar-refractivity contribution in [3.63, 3.8) is 0 Å². The van der Waals surface area contributed by atoms with Crippen molar-refractivity contribution in [1.29, 1.82) is 0 Å². The summed E-state index contributed by atoms with van der Waals surface area (Å²) in [5, 5.41) is 12.0. The summed E-state index contributed by atoms with van der Waals surface area (Å²) in [4.78, 5) is 13.7. The van der Waals surface area contributed by atoms with E-state index in [1.54, 1.807) is 23.8 Å². The molecule has 0 unspecified atom stereocenters. The second kappa shape index (κ2) is 8.33. The average Bonchev–Trinajstić information content (AvgIpc) is 2.50. The number of hydrogen-bond acceptors (Lipinski definition) is 6. The number of amidine groups is 1. The van der Waals surface area contributed by atoms with E-state index in [1.165, 1.54) is 0 Å². The van der Waals surface area contributed by atoms with E-state index in [2.05, 4.69) is 5.16 Å². The number of likely N-dealkylation sites (tertiary alicyclic amines) is 1. The molecule has 0 aromatic heterocycles. The third kappa shape index (κ3) is 4.26. The minimum atomic E-state index is -0.373. The fourth-order valence-electron chi connectivity index (χ4n) is 2.17. The second-order valence-electron chi connectivity index (χ2n) is 4.61. The third-order valence-corrected chi connectivity index (χ3v) is 4.95. The number of amides is 1. The number of oxime groups is 1. The standard InChI is InChI=1S/C12H23N3O4S/c1-18-7-8-19-9-10(16)15-5-3-12(20-2,4-6-15)11(13)14-17/h17H,3-9H2,1-2H3,(H2,13,14). The summed E-state index contributed by atoms with van der Waals surface area (Å²) < 4.78 is 9.70. The Morgan fingerprint density at radius 3 is 2.60 bits per heavy atom. The minimum absolute atomic E-state index is 0.0321. The smallest absolute Gasteiger partial charge is 0.248 e. The molecule has 1 rings (SSSR count). The normalized spacial score (nSPS) is 19.1. The highest BCUT2D eigenvalue weighted by molar-refractivity contribution is 8.00. The fourth-order valence-corrected chi connectivity index (χ4v) is 3.01. The van der Waals surface area contributed by atoms with Gasteiger partial charge < -0.3 is 25.3 Å². The van der Waals surface area contributed by atoms with Gasteiger partial charge in [-0.05, 0) is 19.1 Å². The van der Waals surface area contributed by atoms with Crippen LogP contribution in [0.1, 0.15) is 12.8 Å². The van der Waals surface area contributed by atoms with E-state index in [0.29, 0.717) is 39.1 Å². The molecule has 1 aliphatic heterocycles. The van der Waals surface area contributed by atoms with Gasteiger partial charge >= 0.3 is 0 Å². The van der Waals surface area contributed by atoms with Crippen LogP contribution in [0.15, 0.2) is 5.16 Å². The first-order chi connectivity index (χ1) is 9.59. The maximum Gasteiger partial charge on any atom is 0.248 e. The predicted molar refractivity (Wildman–Crippen MR) is 78.2 cm³/mol. The maximum atomic E-state index is 11.9. The summed E-state index contributed by atoms with van der Waals surface area (Å²) in [7, 11) is 1.59. The molecule has 0 bridgehead atoms. The van der Waals surface area contributed by atoms with Crippen LogP contribution in [0.5, 0.6) is 0 Å². The highest BCUT2D eigenvalue weighted by atomic mass is 32.2. The first kappa shape index (κ1) is 17.1. The average molecular weight is 305 g/mol. The summed E-state index contributed by atoms with van der Waals surface area (Å²) in [5.74, 6) is 0.198. The highest BCUT2D eigenvalue weighted by Gasteiger charge is 2.39. The van der Waals surface area contributed by atoms with Gasteiger partial charge in [0.25, 0.3) is 0 Å². The molecule has 0 saturated carbocycles. The van der Waals surface area contributed by atoms with E-state index in [9.17, 15) is 4.79 Å². The lowest BCUT2D eigenvalue weighted by Gasteiger charge is -2.39. The Bertz CT molecular complexity index is 344. The number of ether oxygens (including phenoxy) is 2. The monoisotopic (exact) mass is 305 g/mol. The third-order valence-electron chi connectivity index (χ3n) is 3.55. The highest BCUT2D eigenvalue weighted by Crippen LogP contribution is 2.34. The number of carbonyl (C=O) groups excluding carboxylic acids is 1. The number of hydrogen-bond donors (Lipinski definition) is 2. The van der Waals surface area contributed by atoms with Gasteiger partial charge in [-0.2, -0.15) is 11.8 Å². The summed E-state index contributed by atoms with van der Waals surface area (Å²) >= 11 is 1.56. The molecule has 1 amide bonds. The second-order valence-corrected chi connectivity index (χ2v) is 5.80. The molecule has 1 aliphatic rings. The van der Waals surface area contributed by atoms with Crippen molar-refractivity contribution in [3.8, 4) is 0 Å². The molecule has 8 heteroatoms. The van der Waals surface area contributed by atoms with Crippen LogP contribution >= 0.6 is 11.8 Å². The Labute approximate surface area is 123 Å². The molecule has 1 saturated heterocycles. The lowest BCUT2D eigenvalue weighted by atomic mass is 9.94. The molecule has 7 nitrogen and oxygen atoms in total. The molecule has 0 aromatic rings. The number of rotatable bonds is 7. The molecule has 1 fully saturated rings. The Morgan fingerprint density at radius 1 is 1.45 bits per heavy atom. The van der Waals surface area contributed by atoms with Gasteiger partial charge in [0.15, 0.2) is 5.84 Å². The summed E-state index contributed by atoms with van der Waals surface area (Å²) in [6.07, 6.45) is 3.28. The van der Waals surface area contributed by atoms with Crippen LogP contribution in [0.3, 0.4) is 0 Å². The minimum Gasteiger partial charge on any atom is -0.409 e. The van der Waals surface area contributed by atoms with Crippen molar-refractivity contribution < 1.29 is 19.5 Å². The molecule has 0 aromatic carbocycles. The molecule has 0 aliphatic carbocycles. The molecule has 0 atom stereocenters. The van der Waals surface area contributed by atoms with Crippen molar-refractivity contribution in [3.05, 3.63) is 0 Å². The van der Waals surface area contributed by atoms with Gasteiger partial charge in [0.05, 0.1) is 18.0 Å². The van der Waals surface area contributed by atoms with E-state index < -0.39 is 0 Å². The van der Waals surface area contributed by atoms with Crippen LogP contribution in [0.4, 0.5) is 0 Å². The molecule has 1 heterocycles.